The van der Waals surface area contributed by atoms with Gasteiger partial charge in [-0.3, -0.25) is 0 Å². The Hall–Kier alpha value is -1.01. The summed E-state index contributed by atoms with van der Waals surface area (Å²) >= 11 is 0. The highest BCUT2D eigenvalue weighted by Gasteiger charge is 2.07. The number of hydrogen-bond donors (Lipinski definition) is 0. The van der Waals surface area contributed by atoms with E-state index >= 15 is 0 Å². The minimum Gasteiger partial charge on any atom is -0.462 e. The fourth-order valence-corrected chi connectivity index (χ4v) is 1.04. The maximum absolute atomic E-state index is 11.4. The summed E-state index contributed by atoms with van der Waals surface area (Å²) in [6.45, 7) is 6.39. The topological polar surface area (TPSA) is 26.3 Å². The highest BCUT2D eigenvalue weighted by molar-refractivity contribution is 5.88. The molecule has 0 aromatic carbocycles. The molecule has 0 rings (SSSR count). The van der Waals surface area contributed by atoms with Crippen LogP contribution in [0.2, 0.25) is 0 Å². The van der Waals surface area contributed by atoms with Gasteiger partial charge in [0.15, 0.2) is 0 Å². The van der Waals surface area contributed by atoms with E-state index in [1.807, 2.05) is 19.9 Å². The van der Waals surface area contributed by atoms with Gasteiger partial charge in [-0.15, -0.1) is 5.73 Å². The lowest BCUT2D eigenvalue weighted by Crippen LogP contribution is -2.06. The Morgan fingerprint density at radius 1 is 1.29 bits per heavy atom. The van der Waals surface area contributed by atoms with Crippen molar-refractivity contribution >= 4 is 5.97 Å². The van der Waals surface area contributed by atoms with Crippen LogP contribution in [-0.2, 0) is 9.53 Å². The third-order valence-corrected chi connectivity index (χ3v) is 1.73. The first kappa shape index (κ1) is 13.0. The summed E-state index contributed by atoms with van der Waals surface area (Å²) in [4.78, 5) is 11.4. The van der Waals surface area contributed by atoms with Gasteiger partial charge in [-0.2, -0.15) is 0 Å². The van der Waals surface area contributed by atoms with Gasteiger partial charge in [-0.25, -0.2) is 4.79 Å². The summed E-state index contributed by atoms with van der Waals surface area (Å²) in [6.07, 6.45) is 5.66. The number of unbranched alkanes of at least 4 members (excludes halogenated alkanes) is 1. The molecule has 0 radical (unpaired) electrons. The smallest absolute Gasteiger partial charge is 0.341 e. The zero-order valence-corrected chi connectivity index (χ0v) is 9.43. The van der Waals surface area contributed by atoms with Crippen molar-refractivity contribution in [3.8, 4) is 0 Å². The molecule has 0 heterocycles. The normalized spacial score (nSPS) is 9.07. The summed E-state index contributed by atoms with van der Waals surface area (Å²) in [5.41, 5.74) is 3.69. The van der Waals surface area contributed by atoms with E-state index in [9.17, 15) is 4.79 Å². The van der Waals surface area contributed by atoms with Crippen molar-refractivity contribution in [2.24, 2.45) is 0 Å². The molecule has 0 spiro atoms. The molecule has 80 valence electrons. The second-order valence-electron chi connectivity index (χ2n) is 3.09. The molecule has 2 nitrogen and oxygen atoms in total. The molecule has 0 aliphatic rings. The van der Waals surface area contributed by atoms with E-state index in [-0.39, 0.29) is 5.97 Å². The third kappa shape index (κ3) is 5.60. The van der Waals surface area contributed by atoms with E-state index in [1.54, 1.807) is 0 Å². The van der Waals surface area contributed by atoms with Gasteiger partial charge in [0.1, 0.15) is 0 Å². The quantitative estimate of drug-likeness (QED) is 0.370. The second-order valence-corrected chi connectivity index (χ2v) is 3.09. The lowest BCUT2D eigenvalue weighted by atomic mass is 10.1. The molecule has 0 unspecified atom stereocenters. The number of hydrogen-bond acceptors (Lipinski definition) is 2. The van der Waals surface area contributed by atoms with Crippen LogP contribution in [0.4, 0.5) is 0 Å². The highest BCUT2D eigenvalue weighted by Crippen LogP contribution is 2.06. The number of rotatable bonds is 6. The first-order valence-electron chi connectivity index (χ1n) is 5.37. The van der Waals surface area contributed by atoms with Crippen LogP contribution < -0.4 is 0 Å². The first-order chi connectivity index (χ1) is 6.76. The van der Waals surface area contributed by atoms with Gasteiger partial charge in [0.25, 0.3) is 0 Å². The van der Waals surface area contributed by atoms with Crippen LogP contribution in [-0.4, -0.2) is 12.6 Å². The third-order valence-electron chi connectivity index (χ3n) is 1.73. The lowest BCUT2D eigenvalue weighted by Gasteiger charge is -2.02. The number of carbonyl (C=O) groups is 1. The van der Waals surface area contributed by atoms with E-state index in [0.717, 1.165) is 25.7 Å². The van der Waals surface area contributed by atoms with Crippen LogP contribution in [0.25, 0.3) is 0 Å². The predicted molar refractivity (Wildman–Crippen MR) is 58.0 cm³/mol. The maximum atomic E-state index is 11.4. The average molecular weight is 196 g/mol. The number of ether oxygens (including phenoxy) is 1. The van der Waals surface area contributed by atoms with Crippen LogP contribution in [0.1, 0.15) is 46.5 Å². The van der Waals surface area contributed by atoms with E-state index in [1.165, 1.54) is 0 Å². The molecule has 0 aliphatic heterocycles. The molecule has 0 amide bonds. The Labute approximate surface area is 86.6 Å². The lowest BCUT2D eigenvalue weighted by molar-refractivity contribution is -0.138. The average Bonchev–Trinajstić information content (AvgIpc) is 2.17. The van der Waals surface area contributed by atoms with Crippen LogP contribution in [0.3, 0.4) is 0 Å². The predicted octanol–water partition coefficient (Wildman–Crippen LogP) is 3.23. The molecule has 0 N–H and O–H groups in total. The van der Waals surface area contributed by atoms with E-state index in [2.05, 4.69) is 12.7 Å². The summed E-state index contributed by atoms with van der Waals surface area (Å²) in [5, 5.41) is 0. The molecular formula is C12H20O2. The van der Waals surface area contributed by atoms with E-state index < -0.39 is 0 Å². The summed E-state index contributed by atoms with van der Waals surface area (Å²) in [5.74, 6) is -0.221. The van der Waals surface area contributed by atoms with Crippen molar-refractivity contribution in [1.82, 2.24) is 0 Å². The Morgan fingerprint density at radius 3 is 2.50 bits per heavy atom. The van der Waals surface area contributed by atoms with Gasteiger partial charge < -0.3 is 4.74 Å². The summed E-state index contributed by atoms with van der Waals surface area (Å²) in [7, 11) is 0. The Morgan fingerprint density at radius 2 is 2.00 bits per heavy atom. The standard InChI is InChI=1S/C12H20O2/c1-4-7-8-10-11(9-5-2)12(13)14-6-3/h8H,4-7,9H2,1-3H3. The van der Waals surface area contributed by atoms with Crippen molar-refractivity contribution < 1.29 is 9.53 Å². The highest BCUT2D eigenvalue weighted by atomic mass is 16.5. The monoisotopic (exact) mass is 196 g/mol. The van der Waals surface area contributed by atoms with Crippen LogP contribution in [0.5, 0.6) is 0 Å². The summed E-state index contributed by atoms with van der Waals surface area (Å²) in [6, 6.07) is 0. The SMILES string of the molecule is CCCC=C=C(CCC)C(=O)OCC. The fraction of sp³-hybridized carbons (Fsp3) is 0.667. The molecule has 0 atom stereocenters. The van der Waals surface area contributed by atoms with Crippen LogP contribution in [0.15, 0.2) is 17.4 Å². The van der Waals surface area contributed by atoms with Crippen molar-refractivity contribution in [3.63, 3.8) is 0 Å². The zero-order chi connectivity index (χ0) is 10.8. The van der Waals surface area contributed by atoms with Gasteiger partial charge in [0.05, 0.1) is 12.2 Å². The van der Waals surface area contributed by atoms with Crippen molar-refractivity contribution in [1.29, 1.82) is 0 Å². The minimum absolute atomic E-state index is 0.221. The molecule has 0 aromatic heterocycles. The van der Waals surface area contributed by atoms with Crippen LogP contribution >= 0.6 is 0 Å². The van der Waals surface area contributed by atoms with Gasteiger partial charge in [0.2, 0.25) is 0 Å². The molecular weight excluding hydrogens is 176 g/mol. The van der Waals surface area contributed by atoms with E-state index in [0.29, 0.717) is 12.2 Å². The molecule has 0 saturated carbocycles. The summed E-state index contributed by atoms with van der Waals surface area (Å²) < 4.78 is 4.93. The van der Waals surface area contributed by atoms with Gasteiger partial charge >= 0.3 is 5.97 Å². The minimum atomic E-state index is -0.221. The van der Waals surface area contributed by atoms with E-state index in [4.69, 9.17) is 4.74 Å². The molecule has 0 saturated heterocycles. The molecule has 0 aliphatic carbocycles. The maximum Gasteiger partial charge on any atom is 0.341 e. The van der Waals surface area contributed by atoms with Crippen LogP contribution in [0, 0.1) is 0 Å². The zero-order valence-electron chi connectivity index (χ0n) is 9.43. The van der Waals surface area contributed by atoms with Gasteiger partial charge in [-0.05, 0) is 25.8 Å². The number of carbonyl (C=O) groups excluding carboxylic acids is 1. The Bertz CT molecular complexity index is 222. The molecule has 14 heavy (non-hydrogen) atoms. The molecule has 2 heteroatoms. The fourth-order valence-electron chi connectivity index (χ4n) is 1.04. The molecule has 0 aromatic rings. The van der Waals surface area contributed by atoms with Gasteiger partial charge in [-0.1, -0.05) is 26.7 Å². The Kier molecular flexibility index (Phi) is 7.96. The Balaban J connectivity index is 4.40. The van der Waals surface area contributed by atoms with Crippen molar-refractivity contribution in [3.05, 3.63) is 17.4 Å². The second kappa shape index (κ2) is 8.58. The number of esters is 1. The first-order valence-corrected chi connectivity index (χ1v) is 5.37. The van der Waals surface area contributed by atoms with Crippen molar-refractivity contribution in [2.75, 3.05) is 6.61 Å². The largest absolute Gasteiger partial charge is 0.462 e. The van der Waals surface area contributed by atoms with Crippen molar-refractivity contribution in [2.45, 2.75) is 46.5 Å². The molecule has 0 bridgehead atoms. The molecule has 0 fully saturated rings. The van der Waals surface area contributed by atoms with Gasteiger partial charge in [0, 0.05) is 0 Å².